The first-order valence-corrected chi connectivity index (χ1v) is 11.8. The molecule has 2 aromatic carbocycles. The lowest BCUT2D eigenvalue weighted by atomic mass is 10.1. The molecule has 0 bridgehead atoms. The van der Waals surface area contributed by atoms with Crippen LogP contribution >= 0.6 is 11.6 Å². The Kier molecular flexibility index (Phi) is 7.23. The van der Waals surface area contributed by atoms with Gasteiger partial charge in [0.1, 0.15) is 6.61 Å². The number of amides is 1. The monoisotopic (exact) mass is 452 g/mol. The van der Waals surface area contributed by atoms with Crippen molar-refractivity contribution in [1.29, 1.82) is 0 Å². The molecule has 0 spiro atoms. The predicted octanol–water partition coefficient (Wildman–Crippen LogP) is 3.04. The molecule has 1 aliphatic rings. The fraction of sp³-hybridized carbons (Fsp3) is 0.381. The van der Waals surface area contributed by atoms with Crippen LogP contribution in [0.5, 0.6) is 11.5 Å². The van der Waals surface area contributed by atoms with E-state index in [2.05, 4.69) is 0 Å². The van der Waals surface area contributed by atoms with Crippen molar-refractivity contribution in [3.63, 3.8) is 0 Å². The van der Waals surface area contributed by atoms with E-state index in [1.54, 1.807) is 29.2 Å². The number of methoxy groups -OCH3 is 1. The summed E-state index contributed by atoms with van der Waals surface area (Å²) in [5.41, 5.74) is 1.31. The molecule has 1 fully saturated rings. The summed E-state index contributed by atoms with van der Waals surface area (Å²) in [4.78, 5) is 14.6. The molecular weight excluding hydrogens is 428 g/mol. The summed E-state index contributed by atoms with van der Waals surface area (Å²) in [6.07, 6.45) is 1.78. The highest BCUT2D eigenvalue weighted by Crippen LogP contribution is 2.30. The Labute approximate surface area is 182 Å². The summed E-state index contributed by atoms with van der Waals surface area (Å²) in [6.45, 7) is 1.83. The van der Waals surface area contributed by atoms with Crippen LogP contribution in [0.2, 0.25) is 5.02 Å². The van der Waals surface area contributed by atoms with E-state index in [0.29, 0.717) is 54.7 Å². The number of sulfonamides is 1. The Bertz CT molecular complexity index is 1010. The minimum absolute atomic E-state index is 0.165. The zero-order valence-corrected chi connectivity index (χ0v) is 18.6. The fourth-order valence-electron chi connectivity index (χ4n) is 3.30. The molecular formula is C21H25ClN2O5S. The van der Waals surface area contributed by atoms with E-state index >= 15 is 0 Å². The molecule has 0 aliphatic carbocycles. The number of hydrogen-bond donors (Lipinski definition) is 0. The summed E-state index contributed by atoms with van der Waals surface area (Å²) in [5, 5.41) is 0.618. The van der Waals surface area contributed by atoms with Gasteiger partial charge in [0.15, 0.2) is 11.5 Å². The number of carbonyl (C=O) groups is 1. The van der Waals surface area contributed by atoms with Crippen molar-refractivity contribution >= 4 is 27.5 Å². The average molecular weight is 453 g/mol. The summed E-state index contributed by atoms with van der Waals surface area (Å²) >= 11 is 6.17. The average Bonchev–Trinajstić information content (AvgIpc) is 2.99. The number of halogens is 1. The van der Waals surface area contributed by atoms with E-state index in [9.17, 15) is 13.2 Å². The number of carbonyl (C=O) groups excluding carboxylic acids is 1. The molecule has 0 atom stereocenters. The van der Waals surface area contributed by atoms with Crippen LogP contribution in [0, 0.1) is 0 Å². The molecule has 162 valence electrons. The van der Waals surface area contributed by atoms with Gasteiger partial charge in [-0.1, -0.05) is 29.8 Å². The van der Waals surface area contributed by atoms with Crippen LogP contribution in [-0.2, 0) is 16.6 Å². The van der Waals surface area contributed by atoms with Crippen LogP contribution in [0.4, 0.5) is 0 Å². The van der Waals surface area contributed by atoms with E-state index < -0.39 is 10.0 Å². The topological polar surface area (TPSA) is 76.2 Å². The normalized spacial score (nSPS) is 15.5. The van der Waals surface area contributed by atoms with Crippen LogP contribution in [-0.4, -0.2) is 63.1 Å². The first kappa shape index (κ1) is 22.4. The highest BCUT2D eigenvalue weighted by molar-refractivity contribution is 7.88. The minimum Gasteiger partial charge on any atom is -0.493 e. The van der Waals surface area contributed by atoms with E-state index in [4.69, 9.17) is 21.1 Å². The Hall–Kier alpha value is -2.29. The van der Waals surface area contributed by atoms with Gasteiger partial charge in [0.05, 0.1) is 13.4 Å². The van der Waals surface area contributed by atoms with Crippen molar-refractivity contribution in [3.05, 3.63) is 58.6 Å². The van der Waals surface area contributed by atoms with Gasteiger partial charge in [-0.25, -0.2) is 12.7 Å². The summed E-state index contributed by atoms with van der Waals surface area (Å²) in [7, 11) is -1.75. The highest BCUT2D eigenvalue weighted by Gasteiger charge is 2.25. The van der Waals surface area contributed by atoms with E-state index in [1.807, 2.05) is 18.2 Å². The Morgan fingerprint density at radius 3 is 2.53 bits per heavy atom. The Morgan fingerprint density at radius 1 is 1.07 bits per heavy atom. The second-order valence-corrected chi connectivity index (χ2v) is 9.44. The van der Waals surface area contributed by atoms with Crippen LogP contribution < -0.4 is 9.47 Å². The standard InChI is InChI=1S/C21H25ClN2O5S/c1-28-20-14-16(8-9-19(20)29-15-17-6-3-4-7-18(17)22)21(25)23-10-5-11-24(13-12-23)30(2,26)27/h3-4,6-9,14H,5,10-13,15H2,1-2H3. The van der Waals surface area contributed by atoms with Gasteiger partial charge in [-0.05, 0) is 30.7 Å². The smallest absolute Gasteiger partial charge is 0.254 e. The largest absolute Gasteiger partial charge is 0.493 e. The van der Waals surface area contributed by atoms with Gasteiger partial charge < -0.3 is 14.4 Å². The third kappa shape index (κ3) is 5.44. The third-order valence-corrected chi connectivity index (χ3v) is 6.63. The minimum atomic E-state index is -3.26. The summed E-state index contributed by atoms with van der Waals surface area (Å²) in [5.74, 6) is 0.787. The fourth-order valence-corrected chi connectivity index (χ4v) is 4.37. The molecule has 30 heavy (non-hydrogen) atoms. The quantitative estimate of drug-likeness (QED) is 0.673. The Balaban J connectivity index is 1.70. The van der Waals surface area contributed by atoms with Crippen molar-refractivity contribution in [2.45, 2.75) is 13.0 Å². The number of rotatable bonds is 6. The summed E-state index contributed by atoms with van der Waals surface area (Å²) < 4.78 is 36.2. The third-order valence-electron chi connectivity index (χ3n) is 4.96. The van der Waals surface area contributed by atoms with E-state index in [-0.39, 0.29) is 12.5 Å². The predicted molar refractivity (Wildman–Crippen MR) is 116 cm³/mol. The molecule has 0 radical (unpaired) electrons. The molecule has 9 heteroatoms. The molecule has 7 nitrogen and oxygen atoms in total. The van der Waals surface area contributed by atoms with Crippen molar-refractivity contribution in [3.8, 4) is 11.5 Å². The first-order chi connectivity index (χ1) is 14.3. The summed E-state index contributed by atoms with van der Waals surface area (Å²) in [6, 6.07) is 12.4. The van der Waals surface area contributed by atoms with Crippen LogP contribution in [0.3, 0.4) is 0 Å². The van der Waals surface area contributed by atoms with Crippen LogP contribution in [0.15, 0.2) is 42.5 Å². The Morgan fingerprint density at radius 2 is 1.83 bits per heavy atom. The second-order valence-electron chi connectivity index (χ2n) is 7.05. The number of hydrogen-bond acceptors (Lipinski definition) is 5. The maximum atomic E-state index is 13.0. The molecule has 1 saturated heterocycles. The van der Waals surface area contributed by atoms with Crippen molar-refractivity contribution in [2.75, 3.05) is 39.5 Å². The van der Waals surface area contributed by atoms with Crippen LogP contribution in [0.25, 0.3) is 0 Å². The number of benzene rings is 2. The van der Waals surface area contributed by atoms with Gasteiger partial charge in [0.2, 0.25) is 10.0 Å². The molecule has 1 heterocycles. The molecule has 2 aromatic rings. The molecule has 0 saturated carbocycles. The van der Waals surface area contributed by atoms with E-state index in [0.717, 1.165) is 5.56 Å². The van der Waals surface area contributed by atoms with Gasteiger partial charge in [0.25, 0.3) is 5.91 Å². The zero-order valence-electron chi connectivity index (χ0n) is 17.0. The van der Waals surface area contributed by atoms with Crippen molar-refractivity contribution < 1.29 is 22.7 Å². The van der Waals surface area contributed by atoms with Gasteiger partial charge >= 0.3 is 0 Å². The molecule has 0 N–H and O–H groups in total. The number of nitrogens with zero attached hydrogens (tertiary/aromatic N) is 2. The highest BCUT2D eigenvalue weighted by atomic mass is 35.5. The van der Waals surface area contributed by atoms with Crippen molar-refractivity contribution in [2.24, 2.45) is 0 Å². The first-order valence-electron chi connectivity index (χ1n) is 9.58. The van der Waals surface area contributed by atoms with E-state index in [1.165, 1.54) is 17.7 Å². The van der Waals surface area contributed by atoms with Crippen LogP contribution in [0.1, 0.15) is 22.3 Å². The van der Waals surface area contributed by atoms with Gasteiger partial charge in [-0.15, -0.1) is 0 Å². The number of ether oxygens (including phenoxy) is 2. The molecule has 0 unspecified atom stereocenters. The lowest BCUT2D eigenvalue weighted by molar-refractivity contribution is 0.0764. The van der Waals surface area contributed by atoms with Gasteiger partial charge in [-0.2, -0.15) is 0 Å². The lowest BCUT2D eigenvalue weighted by Gasteiger charge is -2.21. The molecule has 3 rings (SSSR count). The van der Waals surface area contributed by atoms with Gasteiger partial charge in [0, 0.05) is 42.3 Å². The second kappa shape index (κ2) is 9.68. The van der Waals surface area contributed by atoms with Gasteiger partial charge in [-0.3, -0.25) is 4.79 Å². The SMILES string of the molecule is COc1cc(C(=O)N2CCCN(S(C)(=O)=O)CC2)ccc1OCc1ccccc1Cl. The van der Waals surface area contributed by atoms with Crippen molar-refractivity contribution in [1.82, 2.24) is 9.21 Å². The maximum Gasteiger partial charge on any atom is 0.254 e. The molecule has 1 aliphatic heterocycles. The maximum absolute atomic E-state index is 13.0. The lowest BCUT2D eigenvalue weighted by Crippen LogP contribution is -2.36. The molecule has 1 amide bonds. The zero-order chi connectivity index (χ0) is 21.7. The molecule has 0 aromatic heterocycles.